The van der Waals surface area contributed by atoms with Crippen molar-refractivity contribution in [3.05, 3.63) is 52.0 Å². The number of hydrogen-bond acceptors (Lipinski definition) is 6. The van der Waals surface area contributed by atoms with Crippen LogP contribution < -0.4 is 10.4 Å². The topological polar surface area (TPSA) is 96.3 Å². The molecule has 1 amide bonds. The molecule has 8 heteroatoms. The molecule has 0 saturated carbocycles. The lowest BCUT2D eigenvalue weighted by atomic mass is 10.2. The molecule has 0 bridgehead atoms. The lowest BCUT2D eigenvalue weighted by molar-refractivity contribution is -0.255. The van der Waals surface area contributed by atoms with Crippen molar-refractivity contribution in [2.45, 2.75) is 38.5 Å². The standard InChI is InChI=1S/C20H21N3O4S/c1-12(21-19(24)17-5-3-9-28-17)18-22-15-10-13(20(25)26)6-7-16(15)23(18)11-14-4-2-8-27-14/h3,5-7,9-10,12,14H,2,4,8,11H2,1H3,(H,21,24)(H,25,26)/p-1/t12-,14+/m1/s1. The summed E-state index contributed by atoms with van der Waals surface area (Å²) in [5.41, 5.74) is 1.45. The summed E-state index contributed by atoms with van der Waals surface area (Å²) >= 11 is 1.38. The molecule has 0 aliphatic carbocycles. The van der Waals surface area contributed by atoms with Gasteiger partial charge in [-0.05, 0) is 48.9 Å². The number of carbonyl (C=O) groups is 2. The van der Waals surface area contributed by atoms with Crippen LogP contribution in [0.1, 0.15) is 51.7 Å². The minimum Gasteiger partial charge on any atom is -0.545 e. The number of ether oxygens (including phenoxy) is 1. The number of carboxylic acids is 1. The van der Waals surface area contributed by atoms with Crippen LogP contribution in [0, 0.1) is 0 Å². The first-order chi connectivity index (χ1) is 13.5. The Balaban J connectivity index is 1.69. The molecule has 2 aromatic heterocycles. The molecule has 7 nitrogen and oxygen atoms in total. The predicted molar refractivity (Wildman–Crippen MR) is 103 cm³/mol. The van der Waals surface area contributed by atoms with Gasteiger partial charge in [0.15, 0.2) is 0 Å². The van der Waals surface area contributed by atoms with E-state index < -0.39 is 5.97 Å². The van der Waals surface area contributed by atoms with E-state index in [1.165, 1.54) is 23.5 Å². The number of carbonyl (C=O) groups excluding carboxylic acids is 2. The van der Waals surface area contributed by atoms with Crippen LogP contribution in [0.4, 0.5) is 0 Å². The van der Waals surface area contributed by atoms with Gasteiger partial charge < -0.3 is 24.5 Å². The van der Waals surface area contributed by atoms with Crippen molar-refractivity contribution in [2.24, 2.45) is 0 Å². The molecule has 28 heavy (non-hydrogen) atoms. The number of imidazole rings is 1. The van der Waals surface area contributed by atoms with E-state index in [1.807, 2.05) is 22.9 Å². The third-order valence-electron chi connectivity index (χ3n) is 4.90. The van der Waals surface area contributed by atoms with Crippen LogP contribution in [0.3, 0.4) is 0 Å². The number of carboxylic acid groups (broad SMARTS) is 1. The van der Waals surface area contributed by atoms with Crippen molar-refractivity contribution in [1.82, 2.24) is 14.9 Å². The third kappa shape index (κ3) is 3.65. The summed E-state index contributed by atoms with van der Waals surface area (Å²) in [7, 11) is 0. The summed E-state index contributed by atoms with van der Waals surface area (Å²) in [6.07, 6.45) is 2.07. The molecule has 146 valence electrons. The number of nitrogens with zero attached hydrogens (tertiary/aromatic N) is 2. The number of aromatic carboxylic acids is 1. The molecule has 0 radical (unpaired) electrons. The molecular weight excluding hydrogens is 378 g/mol. The number of amides is 1. The number of nitrogens with one attached hydrogen (secondary N) is 1. The van der Waals surface area contributed by atoms with E-state index >= 15 is 0 Å². The average molecular weight is 398 g/mol. The molecule has 0 spiro atoms. The number of aromatic nitrogens is 2. The van der Waals surface area contributed by atoms with Crippen molar-refractivity contribution in [2.75, 3.05) is 6.61 Å². The highest BCUT2D eigenvalue weighted by molar-refractivity contribution is 7.12. The van der Waals surface area contributed by atoms with Crippen LogP contribution in [0.15, 0.2) is 35.7 Å². The van der Waals surface area contributed by atoms with Crippen LogP contribution >= 0.6 is 11.3 Å². The first-order valence-corrected chi connectivity index (χ1v) is 10.1. The van der Waals surface area contributed by atoms with E-state index in [0.29, 0.717) is 22.8 Å². The molecule has 3 aromatic rings. The monoisotopic (exact) mass is 398 g/mol. The summed E-state index contributed by atoms with van der Waals surface area (Å²) < 4.78 is 7.79. The maximum atomic E-state index is 12.5. The van der Waals surface area contributed by atoms with Gasteiger partial charge in [-0.3, -0.25) is 4.79 Å². The Morgan fingerprint density at radius 3 is 2.96 bits per heavy atom. The fourth-order valence-corrected chi connectivity index (χ4v) is 4.16. The average Bonchev–Trinajstić information content (AvgIpc) is 3.43. The second-order valence-corrected chi connectivity index (χ2v) is 7.83. The number of rotatable bonds is 6. The molecule has 1 aliphatic heterocycles. The number of benzene rings is 1. The zero-order valence-corrected chi connectivity index (χ0v) is 16.2. The van der Waals surface area contributed by atoms with E-state index in [1.54, 1.807) is 12.1 Å². The van der Waals surface area contributed by atoms with Gasteiger partial charge in [-0.1, -0.05) is 12.1 Å². The van der Waals surface area contributed by atoms with Gasteiger partial charge in [0.25, 0.3) is 5.91 Å². The minimum atomic E-state index is -1.24. The van der Waals surface area contributed by atoms with Gasteiger partial charge in [0.2, 0.25) is 0 Å². The Morgan fingerprint density at radius 2 is 2.29 bits per heavy atom. The maximum absolute atomic E-state index is 12.5. The molecule has 3 heterocycles. The van der Waals surface area contributed by atoms with Gasteiger partial charge in [0, 0.05) is 6.61 Å². The molecular formula is C20H20N3O4S-. The SMILES string of the molecule is C[C@@H](NC(=O)c1cccs1)c1nc2cc(C(=O)[O-])ccc2n1C[C@@H]1CCCO1. The summed E-state index contributed by atoms with van der Waals surface area (Å²) in [6.45, 7) is 3.22. The molecule has 2 atom stereocenters. The Hall–Kier alpha value is -2.71. The fourth-order valence-electron chi connectivity index (χ4n) is 3.53. The van der Waals surface area contributed by atoms with Crippen molar-refractivity contribution in [3.8, 4) is 0 Å². The first kappa shape index (κ1) is 18.6. The highest BCUT2D eigenvalue weighted by Crippen LogP contribution is 2.25. The smallest absolute Gasteiger partial charge is 0.261 e. The van der Waals surface area contributed by atoms with Crippen molar-refractivity contribution in [1.29, 1.82) is 0 Å². The van der Waals surface area contributed by atoms with E-state index in [2.05, 4.69) is 10.3 Å². The second kappa shape index (κ2) is 7.73. The van der Waals surface area contributed by atoms with Crippen LogP contribution in [0.25, 0.3) is 11.0 Å². The number of thiophene rings is 1. The van der Waals surface area contributed by atoms with E-state index in [0.717, 1.165) is 25.0 Å². The summed E-state index contributed by atoms with van der Waals surface area (Å²) in [5, 5.41) is 16.0. The highest BCUT2D eigenvalue weighted by Gasteiger charge is 2.23. The molecule has 1 aliphatic rings. The van der Waals surface area contributed by atoms with Gasteiger partial charge in [0.1, 0.15) is 5.82 Å². The second-order valence-electron chi connectivity index (χ2n) is 6.88. The largest absolute Gasteiger partial charge is 0.545 e. The van der Waals surface area contributed by atoms with Crippen molar-refractivity contribution < 1.29 is 19.4 Å². The van der Waals surface area contributed by atoms with Crippen LogP contribution in [0.5, 0.6) is 0 Å². The van der Waals surface area contributed by atoms with Gasteiger partial charge in [-0.2, -0.15) is 0 Å². The summed E-state index contributed by atoms with van der Waals surface area (Å²) in [6, 6.07) is 8.01. The predicted octanol–water partition coefficient (Wildman–Crippen LogP) is 2.13. The van der Waals surface area contributed by atoms with E-state index in [-0.39, 0.29) is 23.6 Å². The Bertz CT molecular complexity index is 1010. The zero-order valence-electron chi connectivity index (χ0n) is 15.4. The summed E-state index contributed by atoms with van der Waals surface area (Å²) in [4.78, 5) is 28.9. The highest BCUT2D eigenvalue weighted by atomic mass is 32.1. The van der Waals surface area contributed by atoms with Gasteiger partial charge >= 0.3 is 0 Å². The Labute approximate surface area is 166 Å². The van der Waals surface area contributed by atoms with Crippen LogP contribution in [-0.4, -0.2) is 34.1 Å². The lowest BCUT2D eigenvalue weighted by Gasteiger charge is -2.18. The van der Waals surface area contributed by atoms with Crippen LogP contribution in [0.2, 0.25) is 0 Å². The van der Waals surface area contributed by atoms with Crippen LogP contribution in [-0.2, 0) is 11.3 Å². The third-order valence-corrected chi connectivity index (χ3v) is 5.77. The first-order valence-electron chi connectivity index (χ1n) is 9.20. The fraction of sp³-hybridized carbons (Fsp3) is 0.350. The van der Waals surface area contributed by atoms with Gasteiger partial charge in [-0.15, -0.1) is 11.3 Å². The van der Waals surface area contributed by atoms with Gasteiger partial charge in [-0.25, -0.2) is 4.98 Å². The maximum Gasteiger partial charge on any atom is 0.261 e. The molecule has 1 saturated heterocycles. The quantitative estimate of drug-likeness (QED) is 0.686. The zero-order chi connectivity index (χ0) is 19.7. The molecule has 1 N–H and O–H groups in total. The minimum absolute atomic E-state index is 0.0797. The number of hydrogen-bond donors (Lipinski definition) is 1. The normalized spacial score (nSPS) is 17.7. The molecule has 4 rings (SSSR count). The van der Waals surface area contributed by atoms with E-state index in [9.17, 15) is 14.7 Å². The van der Waals surface area contributed by atoms with E-state index in [4.69, 9.17) is 4.74 Å². The molecule has 1 fully saturated rings. The lowest BCUT2D eigenvalue weighted by Crippen LogP contribution is -2.29. The molecule has 0 unspecified atom stereocenters. The summed E-state index contributed by atoms with van der Waals surface area (Å²) in [5.74, 6) is -0.726. The number of fused-ring (bicyclic) bond motifs is 1. The van der Waals surface area contributed by atoms with Gasteiger partial charge in [0.05, 0.1) is 40.6 Å². The van der Waals surface area contributed by atoms with Crippen molar-refractivity contribution >= 4 is 34.2 Å². The van der Waals surface area contributed by atoms with Crippen molar-refractivity contribution in [3.63, 3.8) is 0 Å². The Kier molecular flexibility index (Phi) is 5.15. The molecule has 1 aromatic carbocycles. The Morgan fingerprint density at radius 1 is 1.43 bits per heavy atom.